The molecule has 0 aliphatic carbocycles. The molecule has 1 heterocycles. The van der Waals surface area contributed by atoms with Crippen LogP contribution < -0.4 is 10.6 Å². The molecule has 1 aromatic heterocycles. The van der Waals surface area contributed by atoms with Gasteiger partial charge >= 0.3 is 0 Å². The lowest BCUT2D eigenvalue weighted by atomic mass is 10.2. The number of nitrogens with zero attached hydrogens (tertiary/aromatic N) is 2. The topological polar surface area (TPSA) is 42.2 Å². The van der Waals surface area contributed by atoms with Crippen LogP contribution in [0.5, 0.6) is 0 Å². The number of pyridine rings is 1. The molecule has 1 unspecified atom stereocenters. The first kappa shape index (κ1) is 9.00. The summed E-state index contributed by atoms with van der Waals surface area (Å²) in [4.78, 5) is 6.20. The van der Waals surface area contributed by atoms with Gasteiger partial charge in [-0.2, -0.15) is 0 Å². The Labute approximate surface area is 73.2 Å². The fourth-order valence-corrected chi connectivity index (χ4v) is 1.04. The summed E-state index contributed by atoms with van der Waals surface area (Å²) in [5.74, 6) is 0.951. The normalized spacial score (nSPS) is 12.7. The Morgan fingerprint density at radius 2 is 2.25 bits per heavy atom. The van der Waals surface area contributed by atoms with Gasteiger partial charge in [0.15, 0.2) is 0 Å². The first-order chi connectivity index (χ1) is 5.63. The van der Waals surface area contributed by atoms with Crippen LogP contribution in [-0.4, -0.2) is 18.2 Å². The third-order valence-electron chi connectivity index (χ3n) is 1.93. The van der Waals surface area contributed by atoms with Crippen LogP contribution in [0.15, 0.2) is 18.3 Å². The Kier molecular flexibility index (Phi) is 2.65. The molecule has 2 N–H and O–H groups in total. The monoisotopic (exact) mass is 165 g/mol. The molecular formula is C9H15N3. The van der Waals surface area contributed by atoms with Crippen LogP contribution in [0.25, 0.3) is 0 Å². The van der Waals surface area contributed by atoms with Crippen LogP contribution in [-0.2, 0) is 0 Å². The first-order valence-corrected chi connectivity index (χ1v) is 4.03. The fourth-order valence-electron chi connectivity index (χ4n) is 1.04. The van der Waals surface area contributed by atoms with Crippen molar-refractivity contribution in [3.8, 4) is 0 Å². The van der Waals surface area contributed by atoms with Gasteiger partial charge in [0.05, 0.1) is 6.17 Å². The zero-order chi connectivity index (χ0) is 9.14. The molecule has 0 saturated carbocycles. The van der Waals surface area contributed by atoms with Gasteiger partial charge in [-0.25, -0.2) is 4.98 Å². The van der Waals surface area contributed by atoms with Gasteiger partial charge in [0.2, 0.25) is 0 Å². The summed E-state index contributed by atoms with van der Waals surface area (Å²) in [6.07, 6.45) is 1.78. The molecule has 66 valence electrons. The predicted molar refractivity (Wildman–Crippen MR) is 51.0 cm³/mol. The summed E-state index contributed by atoms with van der Waals surface area (Å²) in [6, 6.07) is 3.95. The maximum absolute atomic E-state index is 5.72. The second-order valence-electron chi connectivity index (χ2n) is 3.00. The molecule has 0 aromatic carbocycles. The van der Waals surface area contributed by atoms with Gasteiger partial charge in [-0.05, 0) is 25.5 Å². The molecule has 0 radical (unpaired) electrons. The standard InChI is InChI=1S/C9H15N3/c1-7-5-4-6-11-9(7)12(3)8(2)10/h4-6,8H,10H2,1-3H3. The van der Waals surface area contributed by atoms with Gasteiger partial charge in [0.25, 0.3) is 0 Å². The van der Waals surface area contributed by atoms with E-state index < -0.39 is 0 Å². The molecule has 12 heavy (non-hydrogen) atoms. The summed E-state index contributed by atoms with van der Waals surface area (Å²) < 4.78 is 0. The summed E-state index contributed by atoms with van der Waals surface area (Å²) >= 11 is 0. The number of rotatable bonds is 2. The summed E-state index contributed by atoms with van der Waals surface area (Å²) in [6.45, 7) is 3.97. The second-order valence-corrected chi connectivity index (χ2v) is 3.00. The average Bonchev–Trinajstić information content (AvgIpc) is 2.04. The van der Waals surface area contributed by atoms with Gasteiger partial charge < -0.3 is 10.6 Å². The van der Waals surface area contributed by atoms with Crippen LogP contribution in [0.3, 0.4) is 0 Å². The van der Waals surface area contributed by atoms with Crippen molar-refractivity contribution in [3.63, 3.8) is 0 Å². The van der Waals surface area contributed by atoms with E-state index in [4.69, 9.17) is 5.73 Å². The SMILES string of the molecule is Cc1cccnc1N(C)C(C)N. The van der Waals surface area contributed by atoms with Crippen LogP contribution in [0, 0.1) is 6.92 Å². The fraction of sp³-hybridized carbons (Fsp3) is 0.444. The van der Waals surface area contributed by atoms with E-state index in [1.54, 1.807) is 6.20 Å². The Morgan fingerprint density at radius 3 is 2.75 bits per heavy atom. The van der Waals surface area contributed by atoms with E-state index >= 15 is 0 Å². The highest BCUT2D eigenvalue weighted by molar-refractivity contribution is 5.45. The van der Waals surface area contributed by atoms with Gasteiger partial charge in [-0.15, -0.1) is 0 Å². The molecule has 1 rings (SSSR count). The van der Waals surface area contributed by atoms with Gasteiger partial charge in [-0.3, -0.25) is 0 Å². The molecule has 0 aliphatic heterocycles. The van der Waals surface area contributed by atoms with E-state index in [9.17, 15) is 0 Å². The van der Waals surface area contributed by atoms with Gasteiger partial charge in [0.1, 0.15) is 5.82 Å². The lowest BCUT2D eigenvalue weighted by molar-refractivity contribution is 0.709. The first-order valence-electron chi connectivity index (χ1n) is 4.03. The maximum Gasteiger partial charge on any atom is 0.132 e. The summed E-state index contributed by atoms with van der Waals surface area (Å²) in [5, 5.41) is 0. The van der Waals surface area contributed by atoms with Crippen LogP contribution in [0.2, 0.25) is 0 Å². The third kappa shape index (κ3) is 1.74. The summed E-state index contributed by atoms with van der Waals surface area (Å²) in [5.41, 5.74) is 6.87. The van der Waals surface area contributed by atoms with Crippen LogP contribution in [0.1, 0.15) is 12.5 Å². The minimum atomic E-state index is -0.00130. The average molecular weight is 165 g/mol. The van der Waals surface area contributed by atoms with Gasteiger partial charge in [0, 0.05) is 13.2 Å². The van der Waals surface area contributed by atoms with Crippen molar-refractivity contribution in [1.82, 2.24) is 4.98 Å². The molecule has 0 amide bonds. The minimum absolute atomic E-state index is 0.00130. The number of aromatic nitrogens is 1. The zero-order valence-electron chi connectivity index (χ0n) is 7.78. The smallest absolute Gasteiger partial charge is 0.132 e. The molecule has 0 fully saturated rings. The molecule has 1 aromatic rings. The molecule has 3 heteroatoms. The van der Waals surface area contributed by atoms with Crippen molar-refractivity contribution >= 4 is 5.82 Å². The van der Waals surface area contributed by atoms with Crippen LogP contribution >= 0.6 is 0 Å². The third-order valence-corrected chi connectivity index (χ3v) is 1.93. The van der Waals surface area contributed by atoms with Crippen molar-refractivity contribution in [2.24, 2.45) is 5.73 Å². The largest absolute Gasteiger partial charge is 0.344 e. The zero-order valence-corrected chi connectivity index (χ0v) is 7.78. The molecule has 0 aliphatic rings. The molecule has 0 spiro atoms. The Balaban J connectivity index is 2.94. The van der Waals surface area contributed by atoms with Crippen molar-refractivity contribution in [2.75, 3.05) is 11.9 Å². The van der Waals surface area contributed by atoms with E-state index in [1.165, 1.54) is 0 Å². The number of aryl methyl sites for hydroxylation is 1. The van der Waals surface area contributed by atoms with E-state index in [1.807, 2.05) is 37.9 Å². The number of hydrogen-bond acceptors (Lipinski definition) is 3. The van der Waals surface area contributed by atoms with Crippen molar-refractivity contribution in [3.05, 3.63) is 23.9 Å². The molecule has 0 saturated heterocycles. The number of nitrogens with two attached hydrogens (primary N) is 1. The lowest BCUT2D eigenvalue weighted by Crippen LogP contribution is -2.37. The van der Waals surface area contributed by atoms with E-state index in [-0.39, 0.29) is 6.17 Å². The summed E-state index contributed by atoms with van der Waals surface area (Å²) in [7, 11) is 1.94. The minimum Gasteiger partial charge on any atom is -0.344 e. The molecule has 0 bridgehead atoms. The van der Waals surface area contributed by atoms with Gasteiger partial charge in [-0.1, -0.05) is 6.07 Å². The molecular weight excluding hydrogens is 150 g/mol. The highest BCUT2D eigenvalue weighted by Gasteiger charge is 2.07. The Bertz CT molecular complexity index is 258. The van der Waals surface area contributed by atoms with Crippen molar-refractivity contribution in [2.45, 2.75) is 20.0 Å². The Morgan fingerprint density at radius 1 is 1.58 bits per heavy atom. The lowest BCUT2D eigenvalue weighted by Gasteiger charge is -2.23. The van der Waals surface area contributed by atoms with Crippen molar-refractivity contribution < 1.29 is 0 Å². The van der Waals surface area contributed by atoms with E-state index in [0.29, 0.717) is 0 Å². The maximum atomic E-state index is 5.72. The van der Waals surface area contributed by atoms with E-state index in [2.05, 4.69) is 4.98 Å². The second kappa shape index (κ2) is 3.54. The quantitative estimate of drug-likeness (QED) is 0.668. The molecule has 1 atom stereocenters. The highest BCUT2D eigenvalue weighted by Crippen LogP contribution is 2.14. The van der Waals surface area contributed by atoms with Crippen LogP contribution in [0.4, 0.5) is 5.82 Å². The highest BCUT2D eigenvalue weighted by atomic mass is 15.2. The predicted octanol–water partition coefficient (Wildman–Crippen LogP) is 1.13. The number of anilines is 1. The molecule has 3 nitrogen and oxygen atoms in total. The Hall–Kier alpha value is -1.09. The van der Waals surface area contributed by atoms with E-state index in [0.717, 1.165) is 11.4 Å². The number of hydrogen-bond donors (Lipinski definition) is 1. The van der Waals surface area contributed by atoms with Crippen molar-refractivity contribution in [1.29, 1.82) is 0 Å².